The molecule has 44 heavy (non-hydrogen) atoms. The van der Waals surface area contributed by atoms with E-state index < -0.39 is 0 Å². The second kappa shape index (κ2) is 12.3. The summed E-state index contributed by atoms with van der Waals surface area (Å²) in [7, 11) is 0. The predicted octanol–water partition coefficient (Wildman–Crippen LogP) is 9.23. The third kappa shape index (κ3) is 5.70. The maximum Gasteiger partial charge on any atom is 0.195 e. The predicted molar refractivity (Wildman–Crippen MR) is 176 cm³/mol. The van der Waals surface area contributed by atoms with Crippen LogP contribution >= 0.6 is 0 Å². The van der Waals surface area contributed by atoms with Crippen LogP contribution in [0.15, 0.2) is 152 Å². The minimum absolute atomic E-state index is 0.0419. The molecule has 4 nitrogen and oxygen atoms in total. The van der Waals surface area contributed by atoms with E-state index in [1.807, 2.05) is 115 Å². The van der Waals surface area contributed by atoms with E-state index in [-0.39, 0.29) is 12.4 Å². The van der Waals surface area contributed by atoms with Gasteiger partial charge in [0.25, 0.3) is 0 Å². The molecule has 0 spiro atoms. The number of ketones is 1. The first-order valence-electron chi connectivity index (χ1n) is 14.8. The monoisotopic (exact) mass is 573 g/mol. The normalized spacial score (nSPS) is 11.1. The van der Waals surface area contributed by atoms with Crippen LogP contribution < -0.4 is 9.47 Å². The highest BCUT2D eigenvalue weighted by Gasteiger charge is 2.25. The van der Waals surface area contributed by atoms with Gasteiger partial charge in [0.05, 0.1) is 11.3 Å². The first kappa shape index (κ1) is 27.2. The van der Waals surface area contributed by atoms with Crippen molar-refractivity contribution >= 4 is 27.5 Å². The highest BCUT2D eigenvalue weighted by atomic mass is 16.5. The molecule has 1 heterocycles. The summed E-state index contributed by atoms with van der Waals surface area (Å²) in [5, 5.41) is 3.11. The minimum atomic E-state index is -0.0419. The summed E-state index contributed by atoms with van der Waals surface area (Å²) in [6, 6.07) is 50.2. The van der Waals surface area contributed by atoms with E-state index in [9.17, 15) is 4.79 Å². The summed E-state index contributed by atoms with van der Waals surface area (Å²) < 4.78 is 14.9. The fourth-order valence-corrected chi connectivity index (χ4v) is 5.71. The van der Waals surface area contributed by atoms with Crippen molar-refractivity contribution in [1.29, 1.82) is 0 Å². The second-order valence-corrected chi connectivity index (χ2v) is 10.8. The zero-order chi connectivity index (χ0) is 29.7. The Morgan fingerprint density at radius 2 is 1.14 bits per heavy atom. The lowest BCUT2D eigenvalue weighted by molar-refractivity contribution is 0.103. The fourth-order valence-electron chi connectivity index (χ4n) is 5.71. The number of rotatable bonds is 10. The van der Waals surface area contributed by atoms with Gasteiger partial charge in [-0.15, -0.1) is 0 Å². The molecule has 0 saturated carbocycles. The minimum Gasteiger partial charge on any atom is -0.489 e. The number of nitrogens with zero attached hydrogens (tertiary/aromatic N) is 1. The van der Waals surface area contributed by atoms with Crippen LogP contribution in [0.2, 0.25) is 0 Å². The molecule has 0 unspecified atom stereocenters. The molecule has 7 rings (SSSR count). The topological polar surface area (TPSA) is 40.5 Å². The lowest BCUT2D eigenvalue weighted by Gasteiger charge is -2.14. The van der Waals surface area contributed by atoms with Crippen molar-refractivity contribution in [3.8, 4) is 11.5 Å². The molecular formula is C40H31NO3. The van der Waals surface area contributed by atoms with E-state index >= 15 is 0 Å². The van der Waals surface area contributed by atoms with Crippen LogP contribution in [0, 0.1) is 0 Å². The van der Waals surface area contributed by atoms with Gasteiger partial charge in [-0.3, -0.25) is 4.79 Å². The molecule has 0 aliphatic carbocycles. The lowest BCUT2D eigenvalue weighted by atomic mass is 10.00. The number of carbonyl (C=O) groups excluding carboxylic acids is 1. The van der Waals surface area contributed by atoms with Crippen LogP contribution in [0.3, 0.4) is 0 Å². The summed E-state index contributed by atoms with van der Waals surface area (Å²) in [5.41, 5.74) is 5.27. The Morgan fingerprint density at radius 1 is 0.545 bits per heavy atom. The summed E-state index contributed by atoms with van der Waals surface area (Å²) in [4.78, 5) is 14.3. The Hall–Kier alpha value is -5.61. The van der Waals surface area contributed by atoms with E-state index in [2.05, 4.69) is 41.0 Å². The molecule has 0 atom stereocenters. The zero-order valence-electron chi connectivity index (χ0n) is 24.2. The van der Waals surface area contributed by atoms with Crippen LogP contribution in [-0.4, -0.2) is 10.4 Å². The van der Waals surface area contributed by atoms with Gasteiger partial charge < -0.3 is 14.0 Å². The second-order valence-electron chi connectivity index (χ2n) is 10.8. The van der Waals surface area contributed by atoms with Crippen LogP contribution in [0.25, 0.3) is 21.7 Å². The lowest BCUT2D eigenvalue weighted by Crippen LogP contribution is -2.12. The molecule has 0 aliphatic rings. The molecule has 0 fully saturated rings. The van der Waals surface area contributed by atoms with Crippen molar-refractivity contribution < 1.29 is 14.3 Å². The van der Waals surface area contributed by atoms with Crippen molar-refractivity contribution in [2.24, 2.45) is 0 Å². The van der Waals surface area contributed by atoms with Gasteiger partial charge in [0, 0.05) is 23.0 Å². The van der Waals surface area contributed by atoms with Crippen molar-refractivity contribution in [1.82, 2.24) is 4.57 Å². The molecule has 214 valence electrons. The average Bonchev–Trinajstić information content (AvgIpc) is 3.39. The molecule has 0 N–H and O–H groups in total. The summed E-state index contributed by atoms with van der Waals surface area (Å²) in [6.45, 7) is 1.27. The first-order valence-corrected chi connectivity index (χ1v) is 14.8. The van der Waals surface area contributed by atoms with Crippen LogP contribution in [-0.2, 0) is 19.8 Å². The number of fused-ring (bicyclic) bond motifs is 2. The van der Waals surface area contributed by atoms with Crippen LogP contribution in [0.1, 0.15) is 32.7 Å². The number of aromatic nitrogens is 1. The molecule has 7 aromatic rings. The average molecular weight is 574 g/mol. The molecule has 0 saturated heterocycles. The molecule has 0 aliphatic heterocycles. The number of hydrogen-bond donors (Lipinski definition) is 0. The van der Waals surface area contributed by atoms with Gasteiger partial charge in [0.2, 0.25) is 0 Å². The van der Waals surface area contributed by atoms with Crippen molar-refractivity contribution in [3.63, 3.8) is 0 Å². The van der Waals surface area contributed by atoms with Crippen LogP contribution in [0.4, 0.5) is 0 Å². The smallest absolute Gasteiger partial charge is 0.195 e. The fraction of sp³-hybridized carbons (Fsp3) is 0.0750. The number of benzene rings is 6. The molecule has 6 aromatic carbocycles. The van der Waals surface area contributed by atoms with E-state index in [1.54, 1.807) is 0 Å². The zero-order valence-corrected chi connectivity index (χ0v) is 24.2. The summed E-state index contributed by atoms with van der Waals surface area (Å²) >= 11 is 0. The maximum absolute atomic E-state index is 14.3. The van der Waals surface area contributed by atoms with Gasteiger partial charge in [-0.2, -0.15) is 0 Å². The number of ether oxygens (including phenoxy) is 2. The van der Waals surface area contributed by atoms with E-state index in [0.29, 0.717) is 30.0 Å². The number of hydrogen-bond acceptors (Lipinski definition) is 3. The number of carbonyl (C=O) groups is 1. The Labute approximate surface area is 256 Å². The molecule has 0 amide bonds. The Kier molecular flexibility index (Phi) is 7.63. The Balaban J connectivity index is 1.34. The highest BCUT2D eigenvalue weighted by molar-refractivity contribution is 6.17. The quantitative estimate of drug-likeness (QED) is 0.153. The first-order chi connectivity index (χ1) is 21.7. The molecule has 1 aromatic heterocycles. The SMILES string of the molecule is O=C(c1ccccc1)c1c(COc2ccc3ccccc3c2)n(Cc2ccccc2)c2ccc(OCc3ccccc3)cc12. The molecular weight excluding hydrogens is 542 g/mol. The van der Waals surface area contributed by atoms with E-state index in [0.717, 1.165) is 44.2 Å². The van der Waals surface area contributed by atoms with E-state index in [4.69, 9.17) is 9.47 Å². The highest BCUT2D eigenvalue weighted by Crippen LogP contribution is 2.34. The van der Waals surface area contributed by atoms with E-state index in [1.165, 1.54) is 0 Å². The van der Waals surface area contributed by atoms with Crippen LogP contribution in [0.5, 0.6) is 11.5 Å². The van der Waals surface area contributed by atoms with Crippen molar-refractivity contribution in [2.75, 3.05) is 0 Å². The standard InChI is InChI=1S/C40H31NO3/c42-40(32-17-8-3-9-18-32)39-36-25-35(43-27-30-14-6-2-7-15-30)22-23-37(36)41(26-29-12-4-1-5-13-29)38(39)28-44-34-21-20-31-16-10-11-19-33(31)24-34/h1-25H,26-28H2. The van der Waals surface area contributed by atoms with Gasteiger partial charge in [0.15, 0.2) is 5.78 Å². The molecule has 0 bridgehead atoms. The molecule has 0 radical (unpaired) electrons. The van der Waals surface area contributed by atoms with Crippen molar-refractivity contribution in [3.05, 3.63) is 180 Å². The third-order valence-electron chi connectivity index (χ3n) is 7.93. The summed E-state index contributed by atoms with van der Waals surface area (Å²) in [5.74, 6) is 1.42. The van der Waals surface area contributed by atoms with Gasteiger partial charge >= 0.3 is 0 Å². The molecule has 4 heteroatoms. The van der Waals surface area contributed by atoms with Crippen molar-refractivity contribution in [2.45, 2.75) is 19.8 Å². The van der Waals surface area contributed by atoms with Gasteiger partial charge in [-0.25, -0.2) is 0 Å². The Bertz CT molecular complexity index is 2050. The maximum atomic E-state index is 14.3. The third-order valence-corrected chi connectivity index (χ3v) is 7.93. The summed E-state index contributed by atoms with van der Waals surface area (Å²) in [6.07, 6.45) is 0. The largest absolute Gasteiger partial charge is 0.489 e. The van der Waals surface area contributed by atoms with Gasteiger partial charge in [-0.1, -0.05) is 121 Å². The van der Waals surface area contributed by atoms with Gasteiger partial charge in [-0.05, 0) is 52.2 Å². The van der Waals surface area contributed by atoms with Gasteiger partial charge in [0.1, 0.15) is 24.7 Å². The Morgan fingerprint density at radius 3 is 1.89 bits per heavy atom.